The van der Waals surface area contributed by atoms with E-state index in [0.717, 1.165) is 23.1 Å². The predicted molar refractivity (Wildman–Crippen MR) is 77.6 cm³/mol. The summed E-state index contributed by atoms with van der Waals surface area (Å²) in [5, 5.41) is 1.45. The molecule has 0 spiro atoms. The van der Waals surface area contributed by atoms with E-state index in [9.17, 15) is 4.79 Å². The van der Waals surface area contributed by atoms with Gasteiger partial charge in [-0.2, -0.15) is 0 Å². The molecule has 20 heavy (non-hydrogen) atoms. The average molecular weight is 294 g/mol. The standard InChI is InChI=1S/C15H16ClNO3/c1-3-9-8-17-12(15(18)19-4-2)7-10-11(16)5-6-13(20-9)14(10)17/h5-7,9H,3-4,8H2,1-2H3. The smallest absolute Gasteiger partial charge is 0.354 e. The number of halogens is 1. The molecule has 1 unspecified atom stereocenters. The van der Waals surface area contributed by atoms with Gasteiger partial charge in [0.2, 0.25) is 0 Å². The maximum Gasteiger partial charge on any atom is 0.354 e. The quantitative estimate of drug-likeness (QED) is 0.811. The van der Waals surface area contributed by atoms with Gasteiger partial charge in [0, 0.05) is 5.39 Å². The van der Waals surface area contributed by atoms with Gasteiger partial charge in [0.05, 0.1) is 23.7 Å². The van der Waals surface area contributed by atoms with Crippen molar-refractivity contribution in [2.24, 2.45) is 0 Å². The summed E-state index contributed by atoms with van der Waals surface area (Å²) in [4.78, 5) is 12.1. The van der Waals surface area contributed by atoms with Gasteiger partial charge < -0.3 is 14.0 Å². The summed E-state index contributed by atoms with van der Waals surface area (Å²) >= 11 is 6.23. The number of esters is 1. The number of hydrogen-bond acceptors (Lipinski definition) is 3. The van der Waals surface area contributed by atoms with Gasteiger partial charge in [-0.05, 0) is 31.5 Å². The fourth-order valence-electron chi connectivity index (χ4n) is 2.61. The van der Waals surface area contributed by atoms with Crippen LogP contribution in [0.25, 0.3) is 10.9 Å². The number of aromatic nitrogens is 1. The van der Waals surface area contributed by atoms with Crippen LogP contribution in [0.4, 0.5) is 0 Å². The molecule has 0 saturated carbocycles. The molecule has 1 aliphatic heterocycles. The van der Waals surface area contributed by atoms with E-state index in [1.165, 1.54) is 0 Å². The van der Waals surface area contributed by atoms with Crippen molar-refractivity contribution in [3.8, 4) is 5.75 Å². The second kappa shape index (κ2) is 5.02. The lowest BCUT2D eigenvalue weighted by atomic mass is 10.2. The molecule has 0 aliphatic carbocycles. The SMILES string of the molecule is CCOC(=O)c1cc2c(Cl)ccc3c2n1CC(CC)O3. The molecule has 2 heterocycles. The van der Waals surface area contributed by atoms with E-state index in [2.05, 4.69) is 6.92 Å². The Hall–Kier alpha value is -1.68. The first-order valence-electron chi connectivity index (χ1n) is 6.81. The fraction of sp³-hybridized carbons (Fsp3) is 0.400. The van der Waals surface area contributed by atoms with E-state index in [-0.39, 0.29) is 12.1 Å². The summed E-state index contributed by atoms with van der Waals surface area (Å²) in [5.74, 6) is 0.459. The Morgan fingerprint density at radius 1 is 1.50 bits per heavy atom. The highest BCUT2D eigenvalue weighted by Crippen LogP contribution is 2.38. The van der Waals surface area contributed by atoms with Gasteiger partial charge in [-0.1, -0.05) is 18.5 Å². The Labute approximate surface area is 122 Å². The van der Waals surface area contributed by atoms with Crippen molar-refractivity contribution < 1.29 is 14.3 Å². The molecule has 1 aromatic carbocycles. The Morgan fingerprint density at radius 3 is 3.00 bits per heavy atom. The molecule has 5 heteroatoms. The summed E-state index contributed by atoms with van der Waals surface area (Å²) in [5.41, 5.74) is 1.42. The largest absolute Gasteiger partial charge is 0.486 e. The van der Waals surface area contributed by atoms with E-state index in [4.69, 9.17) is 21.1 Å². The highest BCUT2D eigenvalue weighted by atomic mass is 35.5. The number of ether oxygens (including phenoxy) is 2. The van der Waals surface area contributed by atoms with Gasteiger partial charge in [-0.25, -0.2) is 4.79 Å². The zero-order chi connectivity index (χ0) is 14.3. The minimum Gasteiger partial charge on any atom is -0.486 e. The molecule has 106 valence electrons. The second-order valence-corrected chi connectivity index (χ2v) is 5.22. The maximum atomic E-state index is 12.1. The van der Waals surface area contributed by atoms with Crippen LogP contribution in [0.1, 0.15) is 30.8 Å². The molecule has 4 nitrogen and oxygen atoms in total. The number of benzene rings is 1. The van der Waals surface area contributed by atoms with Crippen molar-refractivity contribution in [3.63, 3.8) is 0 Å². The van der Waals surface area contributed by atoms with Crippen LogP contribution in [0.2, 0.25) is 5.02 Å². The van der Waals surface area contributed by atoms with E-state index in [1.54, 1.807) is 19.1 Å². The molecule has 1 aliphatic rings. The summed E-state index contributed by atoms with van der Waals surface area (Å²) in [6, 6.07) is 5.45. The van der Waals surface area contributed by atoms with Crippen molar-refractivity contribution in [1.82, 2.24) is 4.57 Å². The van der Waals surface area contributed by atoms with Gasteiger partial charge >= 0.3 is 5.97 Å². The van der Waals surface area contributed by atoms with Crippen molar-refractivity contribution >= 4 is 28.5 Å². The molecular weight excluding hydrogens is 278 g/mol. The minimum absolute atomic E-state index is 0.0625. The first-order valence-corrected chi connectivity index (χ1v) is 7.19. The molecule has 0 bridgehead atoms. The molecule has 1 aromatic heterocycles. The molecule has 2 aromatic rings. The summed E-state index contributed by atoms with van der Waals surface area (Å²) in [6.45, 7) is 4.86. The van der Waals surface area contributed by atoms with Crippen LogP contribution in [-0.4, -0.2) is 23.2 Å². The third kappa shape index (κ3) is 1.95. The highest BCUT2D eigenvalue weighted by molar-refractivity contribution is 6.36. The Morgan fingerprint density at radius 2 is 2.30 bits per heavy atom. The lowest BCUT2D eigenvalue weighted by Gasteiger charge is -2.26. The first-order chi connectivity index (χ1) is 9.65. The molecule has 3 rings (SSSR count). The van der Waals surface area contributed by atoms with Crippen LogP contribution >= 0.6 is 11.6 Å². The first kappa shape index (κ1) is 13.3. The normalized spacial score (nSPS) is 17.1. The minimum atomic E-state index is -0.317. The molecule has 0 radical (unpaired) electrons. The lowest BCUT2D eigenvalue weighted by molar-refractivity contribution is 0.0509. The van der Waals surface area contributed by atoms with Gasteiger partial charge in [-0.15, -0.1) is 0 Å². The van der Waals surface area contributed by atoms with Crippen LogP contribution < -0.4 is 4.74 Å². The van der Waals surface area contributed by atoms with E-state index < -0.39 is 0 Å². The number of rotatable bonds is 3. The third-order valence-electron chi connectivity index (χ3n) is 3.59. The van der Waals surface area contributed by atoms with Gasteiger partial charge in [0.25, 0.3) is 0 Å². The lowest BCUT2D eigenvalue weighted by Crippen LogP contribution is -2.28. The average Bonchev–Trinajstić information content (AvgIpc) is 2.84. The monoisotopic (exact) mass is 293 g/mol. The highest BCUT2D eigenvalue weighted by Gasteiger charge is 2.27. The van der Waals surface area contributed by atoms with Crippen molar-refractivity contribution in [2.45, 2.75) is 32.9 Å². The number of hydrogen-bond donors (Lipinski definition) is 0. The second-order valence-electron chi connectivity index (χ2n) is 4.82. The Kier molecular flexibility index (Phi) is 3.34. The topological polar surface area (TPSA) is 40.5 Å². The van der Waals surface area contributed by atoms with E-state index >= 15 is 0 Å². The number of carbonyl (C=O) groups excluding carboxylic acids is 1. The summed E-state index contributed by atoms with van der Waals surface area (Å²) < 4.78 is 13.0. The molecule has 1 atom stereocenters. The van der Waals surface area contributed by atoms with Crippen LogP contribution in [0.15, 0.2) is 18.2 Å². The molecular formula is C15H16ClNO3. The van der Waals surface area contributed by atoms with Crippen LogP contribution in [0.5, 0.6) is 5.75 Å². The third-order valence-corrected chi connectivity index (χ3v) is 3.92. The van der Waals surface area contributed by atoms with E-state index in [0.29, 0.717) is 23.9 Å². The van der Waals surface area contributed by atoms with Gasteiger partial charge in [0.15, 0.2) is 0 Å². The van der Waals surface area contributed by atoms with Crippen molar-refractivity contribution in [3.05, 3.63) is 28.9 Å². The molecule has 0 N–H and O–H groups in total. The summed E-state index contributed by atoms with van der Waals surface area (Å²) in [7, 11) is 0. The van der Waals surface area contributed by atoms with Crippen LogP contribution in [0, 0.1) is 0 Å². The molecule has 0 amide bonds. The zero-order valence-corrected chi connectivity index (χ0v) is 12.2. The van der Waals surface area contributed by atoms with Crippen molar-refractivity contribution in [2.75, 3.05) is 6.61 Å². The number of carbonyl (C=O) groups is 1. The molecule has 0 saturated heterocycles. The fourth-order valence-corrected chi connectivity index (χ4v) is 2.81. The van der Waals surface area contributed by atoms with Crippen molar-refractivity contribution in [1.29, 1.82) is 0 Å². The summed E-state index contributed by atoms with van der Waals surface area (Å²) in [6.07, 6.45) is 0.941. The molecule has 0 fully saturated rings. The van der Waals surface area contributed by atoms with Gasteiger partial charge in [0.1, 0.15) is 17.5 Å². The number of nitrogens with zero attached hydrogens (tertiary/aromatic N) is 1. The zero-order valence-electron chi connectivity index (χ0n) is 11.5. The van der Waals surface area contributed by atoms with Gasteiger partial charge in [-0.3, -0.25) is 0 Å². The Balaban J connectivity index is 2.21. The van der Waals surface area contributed by atoms with Crippen LogP contribution in [0.3, 0.4) is 0 Å². The van der Waals surface area contributed by atoms with Crippen LogP contribution in [-0.2, 0) is 11.3 Å². The maximum absolute atomic E-state index is 12.1. The Bertz CT molecular complexity index is 677. The predicted octanol–water partition coefficient (Wildman–Crippen LogP) is 3.64. The van der Waals surface area contributed by atoms with E-state index in [1.807, 2.05) is 10.6 Å².